The lowest BCUT2D eigenvalue weighted by Crippen LogP contribution is -2.42. The number of hydrogen-bond acceptors (Lipinski definition) is 4. The van der Waals surface area contributed by atoms with Gasteiger partial charge in [0.15, 0.2) is 5.65 Å². The normalized spacial score (nSPS) is 16.5. The van der Waals surface area contributed by atoms with Crippen LogP contribution in [-0.4, -0.2) is 33.4 Å². The summed E-state index contributed by atoms with van der Waals surface area (Å²) in [6.07, 6.45) is 0.0646. The van der Waals surface area contributed by atoms with Crippen LogP contribution in [0, 0.1) is 6.92 Å². The van der Waals surface area contributed by atoms with Crippen LogP contribution in [0.15, 0.2) is 42.6 Å². The van der Waals surface area contributed by atoms with E-state index >= 15 is 0 Å². The van der Waals surface area contributed by atoms with Gasteiger partial charge in [-0.1, -0.05) is 0 Å². The number of anilines is 2. The third kappa shape index (κ3) is 4.80. The number of carbonyl (C=O) groups is 1. The Morgan fingerprint density at radius 3 is 2.50 bits per heavy atom. The highest BCUT2D eigenvalue weighted by atomic mass is 35.5. The maximum Gasteiger partial charge on any atom is 0.416 e. The Bertz CT molecular complexity index is 1120. The Morgan fingerprint density at radius 2 is 1.84 bits per heavy atom. The summed E-state index contributed by atoms with van der Waals surface area (Å²) in [6.45, 7) is 4.54. The zero-order valence-corrected chi connectivity index (χ0v) is 18.6. The average Bonchev–Trinajstić information content (AvgIpc) is 2.73. The molecule has 1 aliphatic rings. The van der Waals surface area contributed by atoms with E-state index in [1.165, 1.54) is 18.3 Å². The standard InChI is InChI=1S/C23H23F3N4O.ClH/c1-14-6-11-18-20(29-17-9-7-16(8-10-17)23(24,25)26)19(13-27-21(18)28-14)22(31)30-12-4-3-5-15(30)2;/h6-11,13,15H,3-5,12H2,1-2H3,(H,27,28,29);1H. The summed E-state index contributed by atoms with van der Waals surface area (Å²) >= 11 is 0. The molecule has 0 spiro atoms. The predicted molar refractivity (Wildman–Crippen MR) is 121 cm³/mol. The van der Waals surface area contributed by atoms with Gasteiger partial charge in [0.1, 0.15) is 0 Å². The van der Waals surface area contributed by atoms with Gasteiger partial charge in [-0.25, -0.2) is 9.97 Å². The number of fused-ring (bicyclic) bond motifs is 1. The summed E-state index contributed by atoms with van der Waals surface area (Å²) in [6, 6.07) is 8.51. The molecule has 5 nitrogen and oxygen atoms in total. The van der Waals surface area contributed by atoms with E-state index in [0.29, 0.717) is 34.5 Å². The van der Waals surface area contributed by atoms with Crippen LogP contribution < -0.4 is 5.32 Å². The smallest absolute Gasteiger partial charge is 0.354 e. The number of alkyl halides is 3. The van der Waals surface area contributed by atoms with E-state index in [1.54, 1.807) is 0 Å². The van der Waals surface area contributed by atoms with Crippen LogP contribution >= 0.6 is 12.4 Å². The van der Waals surface area contributed by atoms with E-state index in [9.17, 15) is 18.0 Å². The number of aromatic nitrogens is 2. The molecule has 0 aliphatic carbocycles. The highest BCUT2D eigenvalue weighted by molar-refractivity contribution is 6.07. The summed E-state index contributed by atoms with van der Waals surface area (Å²) in [4.78, 5) is 24.0. The first-order valence-corrected chi connectivity index (χ1v) is 10.3. The highest BCUT2D eigenvalue weighted by Crippen LogP contribution is 2.33. The number of pyridine rings is 2. The van der Waals surface area contributed by atoms with Gasteiger partial charge >= 0.3 is 6.18 Å². The van der Waals surface area contributed by atoms with Crippen molar-refractivity contribution in [2.24, 2.45) is 0 Å². The molecule has 2 aromatic heterocycles. The first kappa shape index (κ1) is 23.8. The van der Waals surface area contributed by atoms with Crippen molar-refractivity contribution in [1.82, 2.24) is 14.9 Å². The molecule has 1 unspecified atom stereocenters. The van der Waals surface area contributed by atoms with Crippen molar-refractivity contribution in [2.45, 2.75) is 45.3 Å². The van der Waals surface area contributed by atoms with Crippen LogP contribution in [0.25, 0.3) is 11.0 Å². The number of amides is 1. The van der Waals surface area contributed by atoms with Gasteiger partial charge in [0.05, 0.1) is 16.8 Å². The Balaban J connectivity index is 0.00000289. The predicted octanol–water partition coefficient (Wildman–Crippen LogP) is 6.14. The molecule has 1 fully saturated rings. The fraction of sp³-hybridized carbons (Fsp3) is 0.348. The number of aryl methyl sites for hydroxylation is 1. The third-order valence-electron chi connectivity index (χ3n) is 5.64. The molecule has 1 aliphatic heterocycles. The number of piperidine rings is 1. The number of benzene rings is 1. The number of nitrogens with zero attached hydrogens (tertiary/aromatic N) is 3. The first-order valence-electron chi connectivity index (χ1n) is 10.3. The molecule has 170 valence electrons. The van der Waals surface area contributed by atoms with Gasteiger partial charge in [0, 0.05) is 35.6 Å². The van der Waals surface area contributed by atoms with Crippen molar-refractivity contribution in [3.05, 3.63) is 59.4 Å². The Morgan fingerprint density at radius 1 is 1.12 bits per heavy atom. The van der Waals surface area contributed by atoms with Crippen molar-refractivity contribution in [3.8, 4) is 0 Å². The van der Waals surface area contributed by atoms with Gasteiger partial charge in [-0.15, -0.1) is 12.4 Å². The monoisotopic (exact) mass is 464 g/mol. The molecule has 9 heteroatoms. The minimum Gasteiger partial charge on any atom is -0.354 e. The van der Waals surface area contributed by atoms with E-state index in [0.717, 1.165) is 37.1 Å². The van der Waals surface area contributed by atoms with E-state index in [-0.39, 0.29) is 24.4 Å². The van der Waals surface area contributed by atoms with Gasteiger partial charge in [-0.2, -0.15) is 13.2 Å². The maximum atomic E-state index is 13.4. The quantitative estimate of drug-likeness (QED) is 0.506. The lowest BCUT2D eigenvalue weighted by atomic mass is 10.0. The minimum atomic E-state index is -4.41. The average molecular weight is 465 g/mol. The molecule has 0 bridgehead atoms. The molecule has 1 atom stereocenters. The minimum absolute atomic E-state index is 0. The second-order valence-corrected chi connectivity index (χ2v) is 7.91. The fourth-order valence-electron chi connectivity index (χ4n) is 3.91. The summed E-state index contributed by atoms with van der Waals surface area (Å²) in [5.41, 5.74) is 1.85. The number of carbonyl (C=O) groups excluding carboxylic acids is 1. The van der Waals surface area contributed by atoms with Crippen molar-refractivity contribution >= 4 is 40.7 Å². The van der Waals surface area contributed by atoms with Gasteiger partial charge in [-0.3, -0.25) is 4.79 Å². The molecule has 32 heavy (non-hydrogen) atoms. The second-order valence-electron chi connectivity index (χ2n) is 7.91. The number of hydrogen-bond donors (Lipinski definition) is 1. The molecule has 3 aromatic rings. The topological polar surface area (TPSA) is 58.1 Å². The molecular weight excluding hydrogens is 441 g/mol. The van der Waals surface area contributed by atoms with Crippen LogP contribution in [0.4, 0.5) is 24.5 Å². The highest BCUT2D eigenvalue weighted by Gasteiger charge is 2.30. The molecule has 4 rings (SSSR count). The van der Waals surface area contributed by atoms with Crippen LogP contribution in [0.1, 0.15) is 47.8 Å². The molecule has 3 heterocycles. The summed E-state index contributed by atoms with van der Waals surface area (Å²) in [5.74, 6) is -0.142. The van der Waals surface area contributed by atoms with E-state index in [4.69, 9.17) is 0 Å². The lowest BCUT2D eigenvalue weighted by molar-refractivity contribution is -0.137. The maximum absolute atomic E-state index is 13.4. The summed E-state index contributed by atoms with van der Waals surface area (Å²) < 4.78 is 38.8. The van der Waals surface area contributed by atoms with E-state index in [1.807, 2.05) is 30.9 Å². The molecule has 1 saturated heterocycles. The number of halogens is 4. The van der Waals surface area contributed by atoms with Gasteiger partial charge < -0.3 is 10.2 Å². The summed E-state index contributed by atoms with van der Waals surface area (Å²) in [7, 11) is 0. The Labute approximate surface area is 190 Å². The second kappa shape index (κ2) is 9.32. The van der Waals surface area contributed by atoms with Crippen molar-refractivity contribution in [2.75, 3.05) is 11.9 Å². The molecule has 1 aromatic carbocycles. The molecule has 0 radical (unpaired) electrons. The van der Waals surface area contributed by atoms with Crippen LogP contribution in [0.3, 0.4) is 0 Å². The molecule has 0 saturated carbocycles. The Kier molecular flexibility index (Phi) is 6.93. The number of likely N-dealkylation sites (tertiary alicyclic amines) is 1. The third-order valence-corrected chi connectivity index (χ3v) is 5.64. The van der Waals surface area contributed by atoms with E-state index in [2.05, 4.69) is 15.3 Å². The summed E-state index contributed by atoms with van der Waals surface area (Å²) in [5, 5.41) is 3.79. The SMILES string of the molecule is Cc1ccc2c(Nc3ccc(C(F)(F)F)cc3)c(C(=O)N3CCCCC3C)cnc2n1.Cl. The number of nitrogens with one attached hydrogen (secondary N) is 1. The van der Waals surface area contributed by atoms with E-state index < -0.39 is 11.7 Å². The van der Waals surface area contributed by atoms with Crippen molar-refractivity contribution in [1.29, 1.82) is 0 Å². The van der Waals surface area contributed by atoms with Crippen LogP contribution in [0.5, 0.6) is 0 Å². The first-order chi connectivity index (χ1) is 14.7. The lowest BCUT2D eigenvalue weighted by Gasteiger charge is -2.34. The molecule has 1 N–H and O–H groups in total. The van der Waals surface area contributed by atoms with Gasteiger partial charge in [0.2, 0.25) is 0 Å². The zero-order chi connectivity index (χ0) is 22.2. The largest absolute Gasteiger partial charge is 0.416 e. The number of rotatable bonds is 3. The van der Waals surface area contributed by atoms with Gasteiger partial charge in [-0.05, 0) is 69.5 Å². The molecule has 1 amide bonds. The van der Waals surface area contributed by atoms with Gasteiger partial charge in [0.25, 0.3) is 5.91 Å². The van der Waals surface area contributed by atoms with Crippen LogP contribution in [-0.2, 0) is 6.18 Å². The zero-order valence-electron chi connectivity index (χ0n) is 17.7. The fourth-order valence-corrected chi connectivity index (χ4v) is 3.91. The van der Waals surface area contributed by atoms with Crippen LogP contribution in [0.2, 0.25) is 0 Å². The van der Waals surface area contributed by atoms with Crippen molar-refractivity contribution < 1.29 is 18.0 Å². The Hall–Kier alpha value is -2.87. The van der Waals surface area contributed by atoms with Crippen molar-refractivity contribution in [3.63, 3.8) is 0 Å². The molecular formula is C23H24ClF3N4O.